The number of amides is 2. The number of nitrogens with one attached hydrogen (secondary N) is 2. The quantitative estimate of drug-likeness (QED) is 0.577. The molecule has 0 aromatic rings. The third-order valence-electron chi connectivity index (χ3n) is 9.75. The molecule has 0 aromatic carbocycles. The Morgan fingerprint density at radius 3 is 2.11 bits per heavy atom. The van der Waals surface area contributed by atoms with Crippen LogP contribution in [0, 0.1) is 33.0 Å². The zero-order valence-electron chi connectivity index (χ0n) is 17.3. The van der Waals surface area contributed by atoms with Gasteiger partial charge in [0.2, 0.25) is 11.8 Å². The van der Waals surface area contributed by atoms with Gasteiger partial charge in [-0.05, 0) is 48.9 Å². The molecule has 0 saturated heterocycles. The number of Topliss-reactive ketones (excluding diaryl/α,β-unsaturated/α-hetero) is 1. The zero-order valence-corrected chi connectivity index (χ0v) is 17.3. The van der Waals surface area contributed by atoms with Crippen LogP contribution in [-0.4, -0.2) is 17.6 Å². The molecule has 5 heteroatoms. The minimum atomic E-state index is -0.728. The smallest absolute Gasteiger partial charge is 0.248 e. The number of hydrogen-bond acceptors (Lipinski definition) is 3. The van der Waals surface area contributed by atoms with Gasteiger partial charge in [-0.15, -0.1) is 0 Å². The van der Waals surface area contributed by atoms with E-state index in [0.29, 0.717) is 12.3 Å². The fourth-order valence-corrected chi connectivity index (χ4v) is 6.86. The zero-order chi connectivity index (χ0) is 20.0. The highest BCUT2D eigenvalue weighted by Gasteiger charge is 2.72. The summed E-state index contributed by atoms with van der Waals surface area (Å²) in [7, 11) is 0. The van der Waals surface area contributed by atoms with Crippen molar-refractivity contribution < 1.29 is 14.4 Å². The van der Waals surface area contributed by atoms with Crippen molar-refractivity contribution >= 4 is 17.6 Å². The lowest BCUT2D eigenvalue weighted by molar-refractivity contribution is -0.142. The van der Waals surface area contributed by atoms with Crippen LogP contribution in [0.15, 0.2) is 12.2 Å². The van der Waals surface area contributed by atoms with Gasteiger partial charge in [0.1, 0.15) is 5.78 Å². The van der Waals surface area contributed by atoms with Crippen molar-refractivity contribution in [1.82, 2.24) is 10.9 Å². The summed E-state index contributed by atoms with van der Waals surface area (Å²) < 4.78 is 0. The van der Waals surface area contributed by atoms with Crippen LogP contribution in [-0.2, 0) is 14.4 Å². The highest BCUT2D eigenvalue weighted by Crippen LogP contribution is 2.70. The first-order chi connectivity index (χ1) is 12.4. The summed E-state index contributed by atoms with van der Waals surface area (Å²) in [5.41, 5.74) is 4.22. The molecule has 5 nitrogen and oxygen atoms in total. The van der Waals surface area contributed by atoms with E-state index in [1.54, 1.807) is 0 Å². The molecule has 27 heavy (non-hydrogen) atoms. The largest absolute Gasteiger partial charge is 0.299 e. The monoisotopic (exact) mass is 372 g/mol. The Morgan fingerprint density at radius 1 is 1.00 bits per heavy atom. The Kier molecular flexibility index (Phi) is 3.49. The van der Waals surface area contributed by atoms with Crippen molar-refractivity contribution in [2.75, 3.05) is 0 Å². The van der Waals surface area contributed by atoms with E-state index < -0.39 is 21.7 Å². The second-order valence-corrected chi connectivity index (χ2v) is 10.8. The fourth-order valence-electron chi connectivity index (χ4n) is 6.86. The first-order valence-corrected chi connectivity index (χ1v) is 10.2. The Labute approximate surface area is 161 Å². The van der Waals surface area contributed by atoms with Crippen molar-refractivity contribution in [1.29, 1.82) is 0 Å². The normalized spacial score (nSPS) is 43.2. The van der Waals surface area contributed by atoms with Crippen LogP contribution in [0.4, 0.5) is 0 Å². The maximum absolute atomic E-state index is 13.2. The molecule has 2 amide bonds. The minimum Gasteiger partial charge on any atom is -0.299 e. The average molecular weight is 373 g/mol. The summed E-state index contributed by atoms with van der Waals surface area (Å²) in [6, 6.07) is 0. The van der Waals surface area contributed by atoms with Crippen molar-refractivity contribution in [3.05, 3.63) is 12.2 Å². The second kappa shape index (κ2) is 5.03. The number of hydrazine groups is 1. The lowest BCUT2D eigenvalue weighted by Crippen LogP contribution is -2.55. The molecule has 4 fully saturated rings. The molecule has 0 aromatic heterocycles. The third kappa shape index (κ3) is 1.88. The molecule has 0 spiro atoms. The van der Waals surface area contributed by atoms with Gasteiger partial charge in [-0.1, -0.05) is 46.8 Å². The number of hydrogen-bond donors (Lipinski definition) is 2. The predicted octanol–water partition coefficient (Wildman–Crippen LogP) is 3.30. The van der Waals surface area contributed by atoms with Crippen LogP contribution >= 0.6 is 0 Å². The average Bonchev–Trinajstić information content (AvgIpc) is 3.23. The van der Waals surface area contributed by atoms with Gasteiger partial charge in [0, 0.05) is 11.8 Å². The molecule has 4 bridgehead atoms. The molecule has 148 valence electrons. The van der Waals surface area contributed by atoms with E-state index in [-0.39, 0.29) is 29.4 Å². The van der Waals surface area contributed by atoms with Gasteiger partial charge < -0.3 is 0 Å². The predicted molar refractivity (Wildman–Crippen MR) is 102 cm³/mol. The van der Waals surface area contributed by atoms with Gasteiger partial charge in [-0.2, -0.15) is 0 Å². The summed E-state index contributed by atoms with van der Waals surface area (Å²) in [5.74, 6) is 0.285. The first kappa shape index (κ1) is 18.7. The van der Waals surface area contributed by atoms with Crippen molar-refractivity contribution in [3.8, 4) is 0 Å². The maximum Gasteiger partial charge on any atom is 0.248 e. The molecule has 2 N–H and O–H groups in total. The van der Waals surface area contributed by atoms with E-state index >= 15 is 0 Å². The van der Waals surface area contributed by atoms with Gasteiger partial charge in [0.25, 0.3) is 0 Å². The Balaban J connectivity index is 1.50. The van der Waals surface area contributed by atoms with Gasteiger partial charge >= 0.3 is 0 Å². The summed E-state index contributed by atoms with van der Waals surface area (Å²) in [5, 5.41) is 0. The molecule has 0 radical (unpaired) electrons. The van der Waals surface area contributed by atoms with Crippen LogP contribution in [0.2, 0.25) is 0 Å². The Hall–Kier alpha value is -1.65. The van der Waals surface area contributed by atoms with E-state index in [4.69, 9.17) is 0 Å². The molecule has 4 aliphatic rings. The summed E-state index contributed by atoms with van der Waals surface area (Å²) in [4.78, 5) is 38.8. The van der Waals surface area contributed by atoms with E-state index in [1.807, 2.05) is 20.8 Å². The van der Waals surface area contributed by atoms with Crippen LogP contribution in [0.5, 0.6) is 0 Å². The Bertz CT molecular complexity index is 782. The van der Waals surface area contributed by atoms with Gasteiger partial charge in [0.15, 0.2) is 0 Å². The van der Waals surface area contributed by atoms with Crippen molar-refractivity contribution in [2.45, 2.75) is 73.1 Å². The fraction of sp³-hybridized carbons (Fsp3) is 0.773. The molecule has 4 saturated carbocycles. The van der Waals surface area contributed by atoms with Crippen molar-refractivity contribution in [2.24, 2.45) is 33.0 Å². The third-order valence-corrected chi connectivity index (χ3v) is 9.75. The molecule has 0 heterocycles. The van der Waals surface area contributed by atoms with Gasteiger partial charge in [0.05, 0.1) is 10.8 Å². The lowest BCUT2D eigenvalue weighted by atomic mass is 9.64. The minimum absolute atomic E-state index is 0.0363. The highest BCUT2D eigenvalue weighted by molar-refractivity contribution is 6.00. The van der Waals surface area contributed by atoms with Gasteiger partial charge in [-0.3, -0.25) is 25.2 Å². The molecule has 4 aliphatic carbocycles. The van der Waals surface area contributed by atoms with Gasteiger partial charge in [-0.25, -0.2) is 0 Å². The standard InChI is InChI=1S/C22H32N2O3/c1-13-18(2,3)14-7-8-21(13,11-14)16(26)23-24-17(27)22-10-9-20(6,15(25)12-22)19(22,4)5/h14H,1,7-12H2,2-6H3,(H,23,26)(H,24,27). The lowest BCUT2D eigenvalue weighted by Gasteiger charge is -2.39. The van der Waals surface area contributed by atoms with Crippen LogP contribution in [0.25, 0.3) is 0 Å². The van der Waals surface area contributed by atoms with E-state index in [0.717, 1.165) is 31.3 Å². The van der Waals surface area contributed by atoms with E-state index in [2.05, 4.69) is 31.3 Å². The number of rotatable bonds is 2. The van der Waals surface area contributed by atoms with E-state index in [1.165, 1.54) is 0 Å². The number of carbonyl (C=O) groups excluding carboxylic acids is 3. The molecule has 4 rings (SSSR count). The molecule has 4 atom stereocenters. The summed E-state index contributed by atoms with van der Waals surface area (Å²) in [6.07, 6.45) is 4.33. The SMILES string of the molecule is C=C1C2(C(=O)NNC(=O)C34CCC(C)(C(=O)C3)C4(C)C)CCC(C2)C1(C)C. The molecule has 0 aliphatic heterocycles. The van der Waals surface area contributed by atoms with Crippen LogP contribution in [0.3, 0.4) is 0 Å². The van der Waals surface area contributed by atoms with Crippen LogP contribution in [0.1, 0.15) is 73.1 Å². The van der Waals surface area contributed by atoms with Crippen molar-refractivity contribution in [3.63, 3.8) is 0 Å². The van der Waals surface area contributed by atoms with Crippen LogP contribution < -0.4 is 10.9 Å². The number of carbonyl (C=O) groups is 3. The maximum atomic E-state index is 13.2. The number of ketones is 1. The molecular formula is C22H32N2O3. The van der Waals surface area contributed by atoms with E-state index in [9.17, 15) is 14.4 Å². The summed E-state index contributed by atoms with van der Waals surface area (Å²) in [6.45, 7) is 14.6. The molecular weight excluding hydrogens is 340 g/mol. The summed E-state index contributed by atoms with van der Waals surface area (Å²) >= 11 is 0. The second-order valence-electron chi connectivity index (χ2n) is 10.8. The topological polar surface area (TPSA) is 75.3 Å². The first-order valence-electron chi connectivity index (χ1n) is 10.2. The highest BCUT2D eigenvalue weighted by atomic mass is 16.2. The number of fused-ring (bicyclic) bond motifs is 4. The molecule has 4 unspecified atom stereocenters. The Morgan fingerprint density at radius 2 is 1.63 bits per heavy atom.